The van der Waals surface area contributed by atoms with E-state index in [0.29, 0.717) is 11.0 Å². The van der Waals surface area contributed by atoms with Gasteiger partial charge in [-0.25, -0.2) is 9.37 Å². The van der Waals surface area contributed by atoms with Gasteiger partial charge in [-0.2, -0.15) is 0 Å². The molecular weight excluding hydrogens is 249 g/mol. The normalized spacial score (nSPS) is 10.8. The molecule has 0 fully saturated rings. The van der Waals surface area contributed by atoms with Gasteiger partial charge in [0, 0.05) is 6.07 Å². The molecule has 17 heavy (non-hydrogen) atoms. The number of carbonyl (C=O) groups excluding carboxylic acids is 1. The van der Waals surface area contributed by atoms with Crippen LogP contribution in [0.3, 0.4) is 0 Å². The van der Waals surface area contributed by atoms with Crippen LogP contribution in [-0.4, -0.2) is 22.6 Å². The highest BCUT2D eigenvalue weighted by atomic mass is 35.5. The number of nitrogens with two attached hydrogens (primary N) is 1. The smallest absolute Gasteiger partial charge is 0.325 e. The standard InChI is InChI=1S/C10H9ClFN3O2/c1-17-9(16)4-15-8-3-6(12)5(11)2-7(8)14-10(15)13/h2-3H,4H2,1H3,(H2,13,14). The molecule has 7 heteroatoms. The lowest BCUT2D eigenvalue weighted by Crippen LogP contribution is -2.13. The number of benzene rings is 1. The number of hydrogen-bond acceptors (Lipinski definition) is 4. The van der Waals surface area contributed by atoms with Gasteiger partial charge in [-0.15, -0.1) is 0 Å². The Morgan fingerprint density at radius 3 is 3.00 bits per heavy atom. The molecule has 0 unspecified atom stereocenters. The molecule has 0 aliphatic heterocycles. The summed E-state index contributed by atoms with van der Waals surface area (Å²) in [5, 5.41) is -0.0415. The molecule has 0 amide bonds. The molecule has 0 aliphatic rings. The van der Waals surface area contributed by atoms with Gasteiger partial charge in [0.1, 0.15) is 12.4 Å². The average molecular weight is 258 g/mol. The topological polar surface area (TPSA) is 70.1 Å². The summed E-state index contributed by atoms with van der Waals surface area (Å²) < 4.78 is 19.2. The maximum atomic E-state index is 13.3. The third kappa shape index (κ3) is 2.03. The van der Waals surface area contributed by atoms with Crippen molar-refractivity contribution in [1.29, 1.82) is 0 Å². The molecule has 0 saturated heterocycles. The number of methoxy groups -OCH3 is 1. The Morgan fingerprint density at radius 2 is 2.35 bits per heavy atom. The summed E-state index contributed by atoms with van der Waals surface area (Å²) in [7, 11) is 1.26. The van der Waals surface area contributed by atoms with Crippen LogP contribution in [0, 0.1) is 5.82 Å². The van der Waals surface area contributed by atoms with E-state index in [4.69, 9.17) is 17.3 Å². The maximum absolute atomic E-state index is 13.3. The Kier molecular flexibility index (Phi) is 2.89. The number of halogens is 2. The summed E-state index contributed by atoms with van der Waals surface area (Å²) in [6, 6.07) is 2.54. The van der Waals surface area contributed by atoms with Crippen LogP contribution in [0.2, 0.25) is 5.02 Å². The van der Waals surface area contributed by atoms with Crippen molar-refractivity contribution in [3.63, 3.8) is 0 Å². The molecule has 1 aromatic carbocycles. The van der Waals surface area contributed by atoms with Crippen molar-refractivity contribution in [1.82, 2.24) is 9.55 Å². The third-order valence-corrected chi connectivity index (χ3v) is 2.62. The molecule has 90 valence electrons. The lowest BCUT2D eigenvalue weighted by molar-refractivity contribution is -0.141. The van der Waals surface area contributed by atoms with Crippen molar-refractivity contribution < 1.29 is 13.9 Å². The Balaban J connectivity index is 2.58. The maximum Gasteiger partial charge on any atom is 0.325 e. The van der Waals surface area contributed by atoms with E-state index in [1.165, 1.54) is 23.8 Å². The molecular formula is C10H9ClFN3O2. The first kappa shape index (κ1) is 11.7. The summed E-state index contributed by atoms with van der Waals surface area (Å²) in [6.45, 7) is -0.125. The predicted octanol–water partition coefficient (Wildman–Crippen LogP) is 1.58. The number of carbonyl (C=O) groups is 1. The van der Waals surface area contributed by atoms with E-state index in [0.717, 1.165) is 0 Å². The second-order valence-electron chi connectivity index (χ2n) is 3.39. The van der Waals surface area contributed by atoms with Crippen LogP contribution in [0.15, 0.2) is 12.1 Å². The zero-order valence-electron chi connectivity index (χ0n) is 8.91. The molecule has 0 aliphatic carbocycles. The first-order valence-electron chi connectivity index (χ1n) is 4.70. The summed E-state index contributed by atoms with van der Waals surface area (Å²) in [5.74, 6) is -0.983. The van der Waals surface area contributed by atoms with Crippen molar-refractivity contribution in [3.05, 3.63) is 23.0 Å². The van der Waals surface area contributed by atoms with Gasteiger partial charge in [-0.05, 0) is 6.07 Å². The van der Waals surface area contributed by atoms with Crippen LogP contribution in [-0.2, 0) is 16.1 Å². The van der Waals surface area contributed by atoms with E-state index in [9.17, 15) is 9.18 Å². The van der Waals surface area contributed by atoms with Crippen LogP contribution in [0.4, 0.5) is 10.3 Å². The molecule has 0 saturated carbocycles. The minimum atomic E-state index is -0.592. The van der Waals surface area contributed by atoms with Crippen molar-refractivity contribution in [2.45, 2.75) is 6.54 Å². The van der Waals surface area contributed by atoms with Crippen LogP contribution in [0.5, 0.6) is 0 Å². The number of anilines is 1. The number of nitrogens with zero attached hydrogens (tertiary/aromatic N) is 2. The SMILES string of the molecule is COC(=O)Cn1c(N)nc2cc(Cl)c(F)cc21. The first-order valence-corrected chi connectivity index (χ1v) is 5.08. The largest absolute Gasteiger partial charge is 0.468 e. The summed E-state index contributed by atoms with van der Waals surface area (Å²) in [5.41, 5.74) is 6.46. The number of ether oxygens (including phenoxy) is 1. The van der Waals surface area contributed by atoms with Crippen LogP contribution < -0.4 is 5.73 Å². The molecule has 2 aromatic rings. The Labute approximate surface area is 101 Å². The van der Waals surface area contributed by atoms with E-state index in [1.807, 2.05) is 0 Å². The van der Waals surface area contributed by atoms with Gasteiger partial charge in [-0.3, -0.25) is 9.36 Å². The van der Waals surface area contributed by atoms with E-state index >= 15 is 0 Å². The lowest BCUT2D eigenvalue weighted by atomic mass is 10.3. The molecule has 0 atom stereocenters. The molecule has 0 spiro atoms. The van der Waals surface area contributed by atoms with Gasteiger partial charge in [-0.1, -0.05) is 11.6 Å². The fraction of sp³-hybridized carbons (Fsp3) is 0.200. The van der Waals surface area contributed by atoms with Crippen molar-refractivity contribution >= 4 is 34.6 Å². The fourth-order valence-electron chi connectivity index (χ4n) is 1.50. The minimum absolute atomic E-state index is 0.0415. The van der Waals surface area contributed by atoms with E-state index in [2.05, 4.69) is 9.72 Å². The number of imidazole rings is 1. The Hall–Kier alpha value is -1.82. The third-order valence-electron chi connectivity index (χ3n) is 2.33. The van der Waals surface area contributed by atoms with Crippen LogP contribution >= 0.6 is 11.6 Å². The van der Waals surface area contributed by atoms with E-state index < -0.39 is 11.8 Å². The number of esters is 1. The Bertz CT molecular complexity index is 597. The number of hydrogen-bond donors (Lipinski definition) is 1. The molecule has 1 aromatic heterocycles. The van der Waals surface area contributed by atoms with Crippen LogP contribution in [0.25, 0.3) is 11.0 Å². The monoisotopic (exact) mass is 257 g/mol. The highest BCUT2D eigenvalue weighted by Gasteiger charge is 2.14. The van der Waals surface area contributed by atoms with Gasteiger partial charge >= 0.3 is 5.97 Å². The van der Waals surface area contributed by atoms with Crippen molar-refractivity contribution in [2.75, 3.05) is 12.8 Å². The van der Waals surface area contributed by atoms with Gasteiger partial charge in [0.25, 0.3) is 0 Å². The lowest BCUT2D eigenvalue weighted by Gasteiger charge is -2.04. The first-order chi connectivity index (χ1) is 8.02. The van der Waals surface area contributed by atoms with E-state index in [1.54, 1.807) is 0 Å². The summed E-state index contributed by atoms with van der Waals surface area (Å²) in [6.07, 6.45) is 0. The number of nitrogen functional groups attached to an aromatic ring is 1. The quantitative estimate of drug-likeness (QED) is 0.830. The van der Waals surface area contributed by atoms with Gasteiger partial charge in [0.05, 0.1) is 23.2 Å². The van der Waals surface area contributed by atoms with E-state index in [-0.39, 0.29) is 17.5 Å². The molecule has 2 N–H and O–H groups in total. The minimum Gasteiger partial charge on any atom is -0.468 e. The number of rotatable bonds is 2. The van der Waals surface area contributed by atoms with Gasteiger partial charge < -0.3 is 10.5 Å². The van der Waals surface area contributed by atoms with Gasteiger partial charge in [0.15, 0.2) is 0 Å². The molecule has 0 bridgehead atoms. The molecule has 5 nitrogen and oxygen atoms in total. The zero-order chi connectivity index (χ0) is 12.6. The second kappa shape index (κ2) is 4.21. The van der Waals surface area contributed by atoms with Crippen molar-refractivity contribution in [2.24, 2.45) is 0 Å². The highest BCUT2D eigenvalue weighted by molar-refractivity contribution is 6.31. The van der Waals surface area contributed by atoms with Crippen LogP contribution in [0.1, 0.15) is 0 Å². The van der Waals surface area contributed by atoms with Gasteiger partial charge in [0.2, 0.25) is 5.95 Å². The Morgan fingerprint density at radius 1 is 1.65 bits per heavy atom. The zero-order valence-corrected chi connectivity index (χ0v) is 9.66. The summed E-state index contributed by atoms with van der Waals surface area (Å²) >= 11 is 5.63. The number of fused-ring (bicyclic) bond motifs is 1. The number of aromatic nitrogens is 2. The fourth-order valence-corrected chi connectivity index (χ4v) is 1.66. The molecule has 2 rings (SSSR count). The predicted molar refractivity (Wildman–Crippen MR) is 61.1 cm³/mol. The molecule has 0 radical (unpaired) electrons. The highest BCUT2D eigenvalue weighted by Crippen LogP contribution is 2.24. The second-order valence-corrected chi connectivity index (χ2v) is 3.79. The van der Waals surface area contributed by atoms with Crippen molar-refractivity contribution in [3.8, 4) is 0 Å². The summed E-state index contributed by atoms with van der Waals surface area (Å²) in [4.78, 5) is 15.2. The molecule has 1 heterocycles. The average Bonchev–Trinajstić information content (AvgIpc) is 2.56.